The maximum atomic E-state index is 13.1. The molecule has 1 aliphatic rings. The van der Waals surface area contributed by atoms with Crippen LogP contribution in [0.15, 0.2) is 24.4 Å². The van der Waals surface area contributed by atoms with Gasteiger partial charge < -0.3 is 10.2 Å². The van der Waals surface area contributed by atoms with Crippen LogP contribution in [0.3, 0.4) is 0 Å². The summed E-state index contributed by atoms with van der Waals surface area (Å²) < 4.78 is 15.0. The molecule has 8 heteroatoms. The number of hydrogen-bond donors (Lipinski definition) is 1. The van der Waals surface area contributed by atoms with E-state index in [-0.39, 0.29) is 5.82 Å². The van der Waals surface area contributed by atoms with Crippen molar-refractivity contribution in [2.45, 2.75) is 13.5 Å². The fraction of sp³-hybridized carbons (Fsp3) is 0.412. The Labute approximate surface area is 157 Å². The van der Waals surface area contributed by atoms with Gasteiger partial charge in [0.15, 0.2) is 5.11 Å². The number of halogens is 2. The predicted molar refractivity (Wildman–Crippen MR) is 102 cm³/mol. The third kappa shape index (κ3) is 4.29. The molecule has 0 unspecified atom stereocenters. The minimum Gasteiger partial charge on any atom is -0.346 e. The molecule has 1 aliphatic heterocycles. The van der Waals surface area contributed by atoms with Crippen LogP contribution in [-0.4, -0.2) is 50.9 Å². The third-order valence-electron chi connectivity index (χ3n) is 4.55. The first-order valence-corrected chi connectivity index (χ1v) is 8.93. The number of hydrogen-bond acceptors (Lipinski definition) is 3. The van der Waals surface area contributed by atoms with E-state index in [9.17, 15) is 4.39 Å². The molecule has 5 nitrogen and oxygen atoms in total. The third-order valence-corrected chi connectivity index (χ3v) is 5.26. The minimum atomic E-state index is -0.305. The molecule has 3 rings (SSSR count). The quantitative estimate of drug-likeness (QED) is 0.827. The highest BCUT2D eigenvalue weighted by molar-refractivity contribution is 7.80. The Hall–Kier alpha value is -1.70. The van der Waals surface area contributed by atoms with Crippen molar-refractivity contribution in [3.05, 3.63) is 46.5 Å². The SMILES string of the molecule is Cc1c(NC(=S)N2CCN(Cc3ccc(F)cc3Cl)CC2)cnn1C. The molecule has 2 aromatic rings. The molecule has 0 radical (unpaired) electrons. The Morgan fingerprint density at radius 1 is 1.32 bits per heavy atom. The van der Waals surface area contributed by atoms with Crippen LogP contribution in [0.25, 0.3) is 0 Å². The van der Waals surface area contributed by atoms with Gasteiger partial charge >= 0.3 is 0 Å². The maximum absolute atomic E-state index is 13.1. The zero-order valence-electron chi connectivity index (χ0n) is 14.3. The molecule has 0 aliphatic carbocycles. The maximum Gasteiger partial charge on any atom is 0.173 e. The standard InChI is InChI=1S/C17H21ClFN5S/c1-12-16(10-20-22(12)2)21-17(25)24-7-5-23(6-8-24)11-13-3-4-14(19)9-15(13)18/h3-4,9-10H,5-8,11H2,1-2H3,(H,21,25). The van der Waals surface area contributed by atoms with E-state index >= 15 is 0 Å². The van der Waals surface area contributed by atoms with Crippen molar-refractivity contribution in [3.8, 4) is 0 Å². The highest BCUT2D eigenvalue weighted by Crippen LogP contribution is 2.20. The molecule has 1 aromatic carbocycles. The van der Waals surface area contributed by atoms with E-state index in [2.05, 4.69) is 20.2 Å². The lowest BCUT2D eigenvalue weighted by molar-refractivity contribution is 0.177. The molecule has 1 aromatic heterocycles. The van der Waals surface area contributed by atoms with Gasteiger partial charge in [-0.25, -0.2) is 4.39 Å². The molecular weight excluding hydrogens is 361 g/mol. The summed E-state index contributed by atoms with van der Waals surface area (Å²) in [5.74, 6) is -0.305. The van der Waals surface area contributed by atoms with Crippen LogP contribution in [0.1, 0.15) is 11.3 Å². The van der Waals surface area contributed by atoms with Gasteiger partial charge in [0.05, 0.1) is 17.6 Å². The number of nitrogens with one attached hydrogen (secondary N) is 1. The van der Waals surface area contributed by atoms with Gasteiger partial charge in [0.1, 0.15) is 5.82 Å². The first-order valence-electron chi connectivity index (χ1n) is 8.15. The molecule has 1 saturated heterocycles. The Bertz CT molecular complexity index is 770. The van der Waals surface area contributed by atoms with E-state index in [4.69, 9.17) is 23.8 Å². The van der Waals surface area contributed by atoms with Gasteiger partial charge in [0, 0.05) is 44.8 Å². The number of rotatable bonds is 3. The summed E-state index contributed by atoms with van der Waals surface area (Å²) in [7, 11) is 1.91. The predicted octanol–water partition coefficient (Wildman–Crippen LogP) is 3.04. The van der Waals surface area contributed by atoms with Crippen molar-refractivity contribution in [2.24, 2.45) is 7.05 Å². The van der Waals surface area contributed by atoms with Crippen molar-refractivity contribution in [3.63, 3.8) is 0 Å². The second-order valence-corrected chi connectivity index (χ2v) is 6.99. The van der Waals surface area contributed by atoms with Gasteiger partial charge in [0.2, 0.25) is 0 Å². The fourth-order valence-corrected chi connectivity index (χ4v) is 3.34. The lowest BCUT2D eigenvalue weighted by atomic mass is 10.2. The number of thiocarbonyl (C=S) groups is 1. The minimum absolute atomic E-state index is 0.305. The smallest absolute Gasteiger partial charge is 0.173 e. The van der Waals surface area contributed by atoms with Gasteiger partial charge in [-0.15, -0.1) is 0 Å². The van der Waals surface area contributed by atoms with Crippen LogP contribution in [0.2, 0.25) is 5.02 Å². The lowest BCUT2D eigenvalue weighted by Gasteiger charge is -2.36. The van der Waals surface area contributed by atoms with E-state index in [0.717, 1.165) is 54.8 Å². The summed E-state index contributed by atoms with van der Waals surface area (Å²) in [4.78, 5) is 4.46. The Morgan fingerprint density at radius 2 is 2.04 bits per heavy atom. The molecule has 134 valence electrons. The Kier molecular flexibility index (Phi) is 5.56. The first-order chi connectivity index (χ1) is 11.9. The molecule has 25 heavy (non-hydrogen) atoms. The summed E-state index contributed by atoms with van der Waals surface area (Å²) in [5, 5.41) is 8.69. The van der Waals surface area contributed by atoms with E-state index < -0.39 is 0 Å². The number of benzene rings is 1. The van der Waals surface area contributed by atoms with Crippen LogP contribution in [0.4, 0.5) is 10.1 Å². The van der Waals surface area contributed by atoms with Crippen LogP contribution < -0.4 is 5.32 Å². The largest absolute Gasteiger partial charge is 0.346 e. The highest BCUT2D eigenvalue weighted by Gasteiger charge is 2.20. The number of piperazine rings is 1. The summed E-state index contributed by atoms with van der Waals surface area (Å²) in [5.41, 5.74) is 2.93. The Morgan fingerprint density at radius 3 is 2.64 bits per heavy atom. The molecule has 1 fully saturated rings. The molecule has 1 N–H and O–H groups in total. The van der Waals surface area contributed by atoms with Crippen molar-refractivity contribution >= 4 is 34.6 Å². The van der Waals surface area contributed by atoms with E-state index in [1.165, 1.54) is 12.1 Å². The van der Waals surface area contributed by atoms with Gasteiger partial charge in [-0.1, -0.05) is 17.7 Å². The second-order valence-electron chi connectivity index (χ2n) is 6.20. The van der Waals surface area contributed by atoms with Crippen molar-refractivity contribution in [2.75, 3.05) is 31.5 Å². The summed E-state index contributed by atoms with van der Waals surface area (Å²) >= 11 is 11.6. The molecule has 2 heterocycles. The normalized spacial score (nSPS) is 15.4. The fourth-order valence-electron chi connectivity index (χ4n) is 2.82. The summed E-state index contributed by atoms with van der Waals surface area (Å²) in [6, 6.07) is 4.57. The van der Waals surface area contributed by atoms with Crippen molar-refractivity contribution in [1.82, 2.24) is 19.6 Å². The monoisotopic (exact) mass is 381 g/mol. The number of aromatic nitrogens is 2. The van der Waals surface area contributed by atoms with Crippen LogP contribution in [0, 0.1) is 12.7 Å². The summed E-state index contributed by atoms with van der Waals surface area (Å²) in [6.45, 7) is 6.15. The van der Waals surface area contributed by atoms with Gasteiger partial charge in [-0.2, -0.15) is 5.10 Å². The van der Waals surface area contributed by atoms with Crippen LogP contribution in [0.5, 0.6) is 0 Å². The summed E-state index contributed by atoms with van der Waals surface area (Å²) in [6.07, 6.45) is 1.79. The van der Waals surface area contributed by atoms with E-state index in [1.807, 2.05) is 18.7 Å². The molecular formula is C17H21ClFN5S. The number of nitrogens with zero attached hydrogens (tertiary/aromatic N) is 4. The van der Waals surface area contributed by atoms with Crippen LogP contribution in [-0.2, 0) is 13.6 Å². The molecule has 0 bridgehead atoms. The van der Waals surface area contributed by atoms with Crippen molar-refractivity contribution in [1.29, 1.82) is 0 Å². The molecule has 0 spiro atoms. The lowest BCUT2D eigenvalue weighted by Crippen LogP contribution is -2.49. The van der Waals surface area contributed by atoms with Crippen LogP contribution >= 0.6 is 23.8 Å². The van der Waals surface area contributed by atoms with Gasteiger partial charge in [-0.3, -0.25) is 9.58 Å². The van der Waals surface area contributed by atoms with E-state index in [1.54, 1.807) is 12.3 Å². The molecule has 0 saturated carbocycles. The number of anilines is 1. The van der Waals surface area contributed by atoms with Gasteiger partial charge in [-0.05, 0) is 36.8 Å². The first kappa shape index (κ1) is 18.1. The number of aryl methyl sites for hydroxylation is 1. The average Bonchev–Trinajstić information content (AvgIpc) is 2.90. The molecule has 0 atom stereocenters. The average molecular weight is 382 g/mol. The topological polar surface area (TPSA) is 36.3 Å². The zero-order chi connectivity index (χ0) is 18.0. The van der Waals surface area contributed by atoms with Gasteiger partial charge in [0.25, 0.3) is 0 Å². The molecule has 0 amide bonds. The highest BCUT2D eigenvalue weighted by atomic mass is 35.5. The zero-order valence-corrected chi connectivity index (χ0v) is 15.9. The van der Waals surface area contributed by atoms with Crippen molar-refractivity contribution < 1.29 is 4.39 Å². The van der Waals surface area contributed by atoms with E-state index in [0.29, 0.717) is 5.02 Å². The second kappa shape index (κ2) is 7.68. The Balaban J connectivity index is 1.53.